The van der Waals surface area contributed by atoms with Gasteiger partial charge in [-0.1, -0.05) is 22.9 Å². The van der Waals surface area contributed by atoms with Crippen molar-refractivity contribution in [3.05, 3.63) is 28.2 Å². The summed E-state index contributed by atoms with van der Waals surface area (Å²) in [5.74, 6) is -1.29. The number of carbonyl (C=O) groups excluding carboxylic acids is 1. The van der Waals surface area contributed by atoms with Crippen molar-refractivity contribution in [1.82, 2.24) is 4.90 Å². The van der Waals surface area contributed by atoms with E-state index >= 15 is 0 Å². The summed E-state index contributed by atoms with van der Waals surface area (Å²) in [5.41, 5.74) is -0.672. The molecule has 20 heavy (non-hydrogen) atoms. The van der Waals surface area contributed by atoms with E-state index in [9.17, 15) is 19.8 Å². The van der Waals surface area contributed by atoms with Gasteiger partial charge in [0.15, 0.2) is 0 Å². The van der Waals surface area contributed by atoms with Gasteiger partial charge in [0, 0.05) is 17.6 Å². The van der Waals surface area contributed by atoms with Crippen LogP contribution in [0.15, 0.2) is 22.7 Å². The molecule has 0 aromatic heterocycles. The molecule has 1 fully saturated rings. The number of rotatable bonds is 3. The fraction of sp³-hybridized carbons (Fsp3) is 0.429. The third-order valence-electron chi connectivity index (χ3n) is 3.96. The van der Waals surface area contributed by atoms with Gasteiger partial charge in [-0.15, -0.1) is 0 Å². The lowest BCUT2D eigenvalue weighted by Crippen LogP contribution is -2.36. The van der Waals surface area contributed by atoms with Crippen LogP contribution >= 0.6 is 15.9 Å². The Balaban J connectivity index is 2.24. The Morgan fingerprint density at radius 2 is 2.15 bits per heavy atom. The highest BCUT2D eigenvalue weighted by Gasteiger charge is 2.45. The van der Waals surface area contributed by atoms with Crippen LogP contribution in [0.2, 0.25) is 0 Å². The van der Waals surface area contributed by atoms with Crippen LogP contribution in [-0.4, -0.2) is 40.1 Å². The van der Waals surface area contributed by atoms with Crippen molar-refractivity contribution in [2.45, 2.75) is 19.8 Å². The number of carboxylic acid groups (broad SMARTS) is 1. The zero-order chi connectivity index (χ0) is 14.9. The van der Waals surface area contributed by atoms with E-state index in [-0.39, 0.29) is 23.8 Å². The van der Waals surface area contributed by atoms with Gasteiger partial charge in [0.2, 0.25) is 0 Å². The fourth-order valence-electron chi connectivity index (χ4n) is 2.51. The minimum atomic E-state index is -0.867. The van der Waals surface area contributed by atoms with Gasteiger partial charge in [-0.2, -0.15) is 0 Å². The summed E-state index contributed by atoms with van der Waals surface area (Å²) in [6, 6.07) is 4.63. The fourth-order valence-corrected chi connectivity index (χ4v) is 2.87. The van der Waals surface area contributed by atoms with Crippen molar-refractivity contribution < 1.29 is 19.8 Å². The number of carboxylic acids is 1. The van der Waals surface area contributed by atoms with E-state index in [0.717, 1.165) is 0 Å². The number of benzene rings is 1. The maximum atomic E-state index is 12.4. The predicted molar refractivity (Wildman–Crippen MR) is 76.7 cm³/mol. The lowest BCUT2D eigenvalue weighted by Gasteiger charge is -2.23. The van der Waals surface area contributed by atoms with Crippen LogP contribution in [0, 0.1) is 5.41 Å². The second-order valence-corrected chi connectivity index (χ2v) is 5.99. The number of phenolic OH excluding ortho intramolecular Hbond substituents is 1. The van der Waals surface area contributed by atoms with Crippen LogP contribution < -0.4 is 0 Å². The number of likely N-dealkylation sites (tertiary alicyclic amines) is 1. The maximum absolute atomic E-state index is 12.4. The molecule has 1 atom stereocenters. The van der Waals surface area contributed by atoms with Gasteiger partial charge < -0.3 is 15.1 Å². The summed E-state index contributed by atoms with van der Waals surface area (Å²) < 4.78 is 0.692. The molecule has 6 heteroatoms. The summed E-state index contributed by atoms with van der Waals surface area (Å²) >= 11 is 3.26. The quantitative estimate of drug-likeness (QED) is 0.885. The molecule has 0 bridgehead atoms. The van der Waals surface area contributed by atoms with E-state index in [1.54, 1.807) is 12.1 Å². The number of hydrogen-bond acceptors (Lipinski definition) is 3. The molecule has 1 heterocycles. The van der Waals surface area contributed by atoms with Gasteiger partial charge in [0.25, 0.3) is 5.91 Å². The van der Waals surface area contributed by atoms with E-state index < -0.39 is 11.4 Å². The van der Waals surface area contributed by atoms with Crippen LogP contribution in [-0.2, 0) is 4.79 Å². The van der Waals surface area contributed by atoms with Crippen molar-refractivity contribution in [2.24, 2.45) is 5.41 Å². The van der Waals surface area contributed by atoms with Crippen LogP contribution in [0.1, 0.15) is 30.1 Å². The van der Waals surface area contributed by atoms with Crippen molar-refractivity contribution in [1.29, 1.82) is 0 Å². The van der Waals surface area contributed by atoms with Gasteiger partial charge in [0.1, 0.15) is 5.75 Å². The third kappa shape index (κ3) is 2.52. The van der Waals surface area contributed by atoms with Crippen molar-refractivity contribution in [3.8, 4) is 5.75 Å². The molecular weight excluding hydrogens is 326 g/mol. The Bertz CT molecular complexity index is 560. The molecular formula is C14H16BrNO4. The van der Waals surface area contributed by atoms with Crippen LogP contribution in [0.5, 0.6) is 5.75 Å². The van der Waals surface area contributed by atoms with Crippen LogP contribution in [0.3, 0.4) is 0 Å². The van der Waals surface area contributed by atoms with Gasteiger partial charge in [0.05, 0.1) is 11.0 Å². The zero-order valence-corrected chi connectivity index (χ0v) is 12.7. The van der Waals surface area contributed by atoms with Gasteiger partial charge >= 0.3 is 5.97 Å². The molecule has 2 rings (SSSR count). The Kier molecular flexibility index (Phi) is 4.04. The summed E-state index contributed by atoms with van der Waals surface area (Å²) in [6.07, 6.45) is 0.927. The first kappa shape index (κ1) is 14.8. The molecule has 1 aliphatic rings. The summed E-state index contributed by atoms with van der Waals surface area (Å²) in [6.45, 7) is 2.40. The molecule has 0 saturated carbocycles. The second-order valence-electron chi connectivity index (χ2n) is 5.08. The van der Waals surface area contributed by atoms with E-state index in [1.165, 1.54) is 11.0 Å². The molecule has 1 aliphatic heterocycles. The molecule has 5 nitrogen and oxygen atoms in total. The molecule has 0 spiro atoms. The first-order valence-electron chi connectivity index (χ1n) is 6.41. The average Bonchev–Trinajstić information content (AvgIpc) is 2.86. The first-order valence-corrected chi connectivity index (χ1v) is 7.20. The largest absolute Gasteiger partial charge is 0.507 e. The molecule has 2 N–H and O–H groups in total. The molecule has 0 radical (unpaired) electrons. The van der Waals surface area contributed by atoms with E-state index in [1.807, 2.05) is 6.92 Å². The Labute approximate surface area is 125 Å². The molecule has 1 aromatic rings. The van der Waals surface area contributed by atoms with Gasteiger partial charge in [-0.05, 0) is 31.0 Å². The topological polar surface area (TPSA) is 77.8 Å². The molecule has 108 valence electrons. The molecule has 0 aliphatic carbocycles. The standard InChI is InChI=1S/C14H16BrNO4/c1-2-14(13(19)20)5-6-16(8-14)12(18)10-7-9(15)3-4-11(10)17/h3-4,7,17H,2,5-6,8H2,1H3,(H,19,20). The van der Waals surface area contributed by atoms with Crippen LogP contribution in [0.25, 0.3) is 0 Å². The van der Waals surface area contributed by atoms with Gasteiger partial charge in [-0.3, -0.25) is 9.59 Å². The third-order valence-corrected chi connectivity index (χ3v) is 4.45. The van der Waals surface area contributed by atoms with Crippen molar-refractivity contribution >= 4 is 27.8 Å². The number of aromatic hydroxyl groups is 1. The van der Waals surface area contributed by atoms with E-state index in [2.05, 4.69) is 15.9 Å². The smallest absolute Gasteiger partial charge is 0.311 e. The summed E-state index contributed by atoms with van der Waals surface area (Å²) in [5, 5.41) is 19.1. The minimum absolute atomic E-state index is 0.0949. The number of hydrogen-bond donors (Lipinski definition) is 2. The Morgan fingerprint density at radius 3 is 2.70 bits per heavy atom. The zero-order valence-electron chi connectivity index (χ0n) is 11.1. The maximum Gasteiger partial charge on any atom is 0.311 e. The summed E-state index contributed by atoms with van der Waals surface area (Å²) in [4.78, 5) is 25.3. The first-order chi connectivity index (χ1) is 9.39. The number of amides is 1. The average molecular weight is 342 g/mol. The predicted octanol–water partition coefficient (Wildman–Crippen LogP) is 2.48. The highest BCUT2D eigenvalue weighted by atomic mass is 79.9. The number of halogens is 1. The van der Waals surface area contributed by atoms with E-state index in [4.69, 9.17) is 0 Å². The SMILES string of the molecule is CCC1(C(=O)O)CCN(C(=O)c2cc(Br)ccc2O)C1. The van der Waals surface area contributed by atoms with Crippen molar-refractivity contribution in [3.63, 3.8) is 0 Å². The highest BCUT2D eigenvalue weighted by Crippen LogP contribution is 2.35. The minimum Gasteiger partial charge on any atom is -0.507 e. The summed E-state index contributed by atoms with van der Waals surface area (Å²) in [7, 11) is 0. The lowest BCUT2D eigenvalue weighted by molar-refractivity contribution is -0.148. The Hall–Kier alpha value is -1.56. The molecule has 1 amide bonds. The van der Waals surface area contributed by atoms with Crippen molar-refractivity contribution in [2.75, 3.05) is 13.1 Å². The molecule has 1 unspecified atom stereocenters. The number of nitrogens with zero attached hydrogens (tertiary/aromatic N) is 1. The number of aliphatic carboxylic acids is 1. The lowest BCUT2D eigenvalue weighted by atomic mass is 9.84. The van der Waals surface area contributed by atoms with Gasteiger partial charge in [-0.25, -0.2) is 0 Å². The number of carbonyl (C=O) groups is 2. The monoisotopic (exact) mass is 341 g/mol. The molecule has 1 aromatic carbocycles. The van der Waals surface area contributed by atoms with Crippen LogP contribution in [0.4, 0.5) is 0 Å². The normalized spacial score (nSPS) is 22.0. The number of phenols is 1. The second kappa shape index (κ2) is 5.44. The van der Waals surface area contributed by atoms with E-state index in [0.29, 0.717) is 23.9 Å². The highest BCUT2D eigenvalue weighted by molar-refractivity contribution is 9.10. The molecule has 1 saturated heterocycles. The Morgan fingerprint density at radius 1 is 1.45 bits per heavy atom.